The van der Waals surface area contributed by atoms with Gasteiger partial charge in [-0.25, -0.2) is 4.98 Å². The Morgan fingerprint density at radius 1 is 0.914 bits per heavy atom. The molecule has 0 fully saturated rings. The van der Waals surface area contributed by atoms with Gasteiger partial charge in [-0.15, -0.1) is 0 Å². The van der Waals surface area contributed by atoms with E-state index in [9.17, 15) is 14.4 Å². The quantitative estimate of drug-likeness (QED) is 0.400. The van der Waals surface area contributed by atoms with Crippen molar-refractivity contribution in [3.63, 3.8) is 0 Å². The third-order valence-electron chi connectivity index (χ3n) is 5.25. The van der Waals surface area contributed by atoms with E-state index in [2.05, 4.69) is 15.8 Å². The molecule has 0 saturated heterocycles. The molecule has 0 radical (unpaired) electrons. The van der Waals surface area contributed by atoms with Crippen LogP contribution in [0.1, 0.15) is 34.1 Å². The van der Waals surface area contributed by atoms with E-state index in [1.54, 1.807) is 54.6 Å². The lowest BCUT2D eigenvalue weighted by atomic mass is 10.2. The molecule has 4 aromatic rings. The molecular formula is C26H24N4O5. The largest absolute Gasteiger partial charge is 0.493 e. The molecule has 0 saturated carbocycles. The Kier molecular flexibility index (Phi) is 7.06. The van der Waals surface area contributed by atoms with Crippen LogP contribution in [0, 0.1) is 0 Å². The fourth-order valence-electron chi connectivity index (χ4n) is 3.42. The maximum Gasteiger partial charge on any atom is 0.269 e. The van der Waals surface area contributed by atoms with Crippen LogP contribution in [0.5, 0.6) is 11.5 Å². The molecule has 35 heavy (non-hydrogen) atoms. The van der Waals surface area contributed by atoms with Crippen LogP contribution >= 0.6 is 0 Å². The van der Waals surface area contributed by atoms with Crippen molar-refractivity contribution in [2.75, 3.05) is 13.7 Å². The molecule has 9 nitrogen and oxygen atoms in total. The highest BCUT2D eigenvalue weighted by molar-refractivity contribution is 5.99. The number of aromatic nitrogens is 2. The van der Waals surface area contributed by atoms with Gasteiger partial charge < -0.3 is 9.47 Å². The lowest BCUT2D eigenvalue weighted by Gasteiger charge is -2.12. The third-order valence-corrected chi connectivity index (χ3v) is 5.25. The van der Waals surface area contributed by atoms with E-state index >= 15 is 0 Å². The average molecular weight is 473 g/mol. The Hall–Kier alpha value is -4.66. The maximum absolute atomic E-state index is 12.8. The molecule has 0 spiro atoms. The third kappa shape index (κ3) is 5.14. The van der Waals surface area contributed by atoms with E-state index < -0.39 is 11.8 Å². The number of hydrazine groups is 1. The Morgan fingerprint density at radius 2 is 1.60 bits per heavy atom. The van der Waals surface area contributed by atoms with Gasteiger partial charge in [0, 0.05) is 11.1 Å². The summed E-state index contributed by atoms with van der Waals surface area (Å²) < 4.78 is 12.3. The lowest BCUT2D eigenvalue weighted by Crippen LogP contribution is -2.41. The van der Waals surface area contributed by atoms with Gasteiger partial charge in [0.25, 0.3) is 17.4 Å². The van der Waals surface area contributed by atoms with Gasteiger partial charge in [-0.1, -0.05) is 19.1 Å². The number of hydrogen-bond donors (Lipinski definition) is 2. The highest BCUT2D eigenvalue weighted by Gasteiger charge is 2.13. The van der Waals surface area contributed by atoms with E-state index in [0.717, 1.165) is 6.42 Å². The molecule has 0 aliphatic rings. The first-order chi connectivity index (χ1) is 17.0. The number of ether oxygens (including phenoxy) is 2. The van der Waals surface area contributed by atoms with Gasteiger partial charge in [0.1, 0.15) is 6.33 Å². The first-order valence-electron chi connectivity index (χ1n) is 11.0. The number of nitrogens with one attached hydrogen (secondary N) is 2. The molecule has 2 amide bonds. The molecule has 0 aliphatic carbocycles. The number of fused-ring (bicyclic) bond motifs is 1. The zero-order valence-corrected chi connectivity index (χ0v) is 19.3. The summed E-state index contributed by atoms with van der Waals surface area (Å²) in [5.41, 5.74) is 6.34. The van der Waals surface area contributed by atoms with Gasteiger partial charge in [-0.2, -0.15) is 0 Å². The topological polar surface area (TPSA) is 112 Å². The van der Waals surface area contributed by atoms with Crippen molar-refractivity contribution in [3.8, 4) is 17.2 Å². The molecule has 178 valence electrons. The molecular weight excluding hydrogens is 448 g/mol. The van der Waals surface area contributed by atoms with Crippen LogP contribution in [0.15, 0.2) is 77.9 Å². The Bertz CT molecular complexity index is 1430. The normalized spacial score (nSPS) is 10.6. The van der Waals surface area contributed by atoms with Gasteiger partial charge in [0.2, 0.25) is 0 Å². The standard InChI is InChI=1S/C26H24N4O5/c1-3-14-35-22-13-10-18(15-23(22)34-2)25(32)29-28-24(31)17-8-11-19(12-9-17)30-16-27-21-7-5-4-6-20(21)26(30)33/h4-13,15-16H,3,14H2,1-2H3,(H,28,31)(H,29,32). The van der Waals surface area contributed by atoms with E-state index in [-0.39, 0.29) is 5.56 Å². The van der Waals surface area contributed by atoms with Crippen molar-refractivity contribution in [3.05, 3.63) is 94.5 Å². The van der Waals surface area contributed by atoms with Crippen LogP contribution in [-0.2, 0) is 0 Å². The summed E-state index contributed by atoms with van der Waals surface area (Å²) in [5, 5.41) is 0.501. The highest BCUT2D eigenvalue weighted by Crippen LogP contribution is 2.28. The van der Waals surface area contributed by atoms with Crippen LogP contribution in [0.4, 0.5) is 0 Å². The molecule has 2 N–H and O–H groups in total. The maximum atomic E-state index is 12.8. The molecule has 1 heterocycles. The molecule has 4 rings (SSSR count). The fourth-order valence-corrected chi connectivity index (χ4v) is 3.42. The first kappa shape index (κ1) is 23.5. The van der Waals surface area contributed by atoms with Crippen molar-refractivity contribution in [1.29, 1.82) is 0 Å². The van der Waals surface area contributed by atoms with E-state index in [0.29, 0.717) is 45.8 Å². The Morgan fingerprint density at radius 3 is 2.31 bits per heavy atom. The minimum Gasteiger partial charge on any atom is -0.493 e. The average Bonchev–Trinajstić information content (AvgIpc) is 2.90. The number of rotatable bonds is 7. The van der Waals surface area contributed by atoms with Crippen LogP contribution in [0.25, 0.3) is 16.6 Å². The number of benzene rings is 3. The summed E-state index contributed by atoms with van der Waals surface area (Å²) in [4.78, 5) is 42.1. The second-order valence-corrected chi connectivity index (χ2v) is 7.61. The number of hydrogen-bond acceptors (Lipinski definition) is 6. The number of methoxy groups -OCH3 is 1. The predicted octanol–water partition coefficient (Wildman–Crippen LogP) is 3.26. The number of carbonyl (C=O) groups excluding carboxylic acids is 2. The van der Waals surface area contributed by atoms with Crippen LogP contribution in [0.2, 0.25) is 0 Å². The van der Waals surface area contributed by atoms with Gasteiger partial charge >= 0.3 is 0 Å². The van der Waals surface area contributed by atoms with Crippen LogP contribution in [0.3, 0.4) is 0 Å². The van der Waals surface area contributed by atoms with E-state index in [4.69, 9.17) is 9.47 Å². The first-order valence-corrected chi connectivity index (χ1v) is 11.0. The van der Waals surface area contributed by atoms with Gasteiger partial charge in [0.15, 0.2) is 11.5 Å². The number of nitrogens with zero attached hydrogens (tertiary/aromatic N) is 2. The summed E-state index contributed by atoms with van der Waals surface area (Å²) in [7, 11) is 1.49. The Balaban J connectivity index is 1.42. The van der Waals surface area contributed by atoms with E-state index in [1.807, 2.05) is 13.0 Å². The van der Waals surface area contributed by atoms with Gasteiger partial charge in [0.05, 0.1) is 30.3 Å². The van der Waals surface area contributed by atoms with Crippen molar-refractivity contribution in [2.45, 2.75) is 13.3 Å². The molecule has 0 bridgehead atoms. The molecule has 3 aromatic carbocycles. The van der Waals surface area contributed by atoms with Crippen LogP contribution in [-0.4, -0.2) is 35.1 Å². The molecule has 9 heteroatoms. The van der Waals surface area contributed by atoms with Crippen LogP contribution < -0.4 is 25.9 Å². The predicted molar refractivity (Wildman–Crippen MR) is 131 cm³/mol. The van der Waals surface area contributed by atoms with Crippen molar-refractivity contribution >= 4 is 22.7 Å². The summed E-state index contributed by atoms with van der Waals surface area (Å²) in [5.74, 6) is -0.0602. The molecule has 0 atom stereocenters. The SMILES string of the molecule is CCCOc1ccc(C(=O)NNC(=O)c2ccc(-n3cnc4ccccc4c3=O)cc2)cc1OC. The smallest absolute Gasteiger partial charge is 0.269 e. The van der Waals surface area contributed by atoms with Crippen molar-refractivity contribution in [1.82, 2.24) is 20.4 Å². The number of amides is 2. The summed E-state index contributed by atoms with van der Waals surface area (Å²) in [6.45, 7) is 2.52. The van der Waals surface area contributed by atoms with Crippen molar-refractivity contribution < 1.29 is 19.1 Å². The zero-order chi connectivity index (χ0) is 24.8. The number of para-hydroxylation sites is 1. The molecule has 1 aromatic heterocycles. The lowest BCUT2D eigenvalue weighted by molar-refractivity contribution is 0.0846. The zero-order valence-electron chi connectivity index (χ0n) is 19.3. The van der Waals surface area contributed by atoms with E-state index in [1.165, 1.54) is 24.1 Å². The summed E-state index contributed by atoms with van der Waals surface area (Å²) >= 11 is 0. The monoisotopic (exact) mass is 472 g/mol. The second kappa shape index (κ2) is 10.5. The van der Waals surface area contributed by atoms with Gasteiger partial charge in [-0.05, 0) is 61.0 Å². The fraction of sp³-hybridized carbons (Fsp3) is 0.154. The van der Waals surface area contributed by atoms with Crippen molar-refractivity contribution in [2.24, 2.45) is 0 Å². The summed E-state index contributed by atoms with van der Waals surface area (Å²) in [6.07, 6.45) is 2.29. The van der Waals surface area contributed by atoms with Gasteiger partial charge in [-0.3, -0.25) is 29.8 Å². The molecule has 0 unspecified atom stereocenters. The minimum absolute atomic E-state index is 0.207. The number of carbonyl (C=O) groups is 2. The molecule has 0 aliphatic heterocycles. The highest BCUT2D eigenvalue weighted by atomic mass is 16.5. The minimum atomic E-state index is -0.510. The summed E-state index contributed by atoms with van der Waals surface area (Å²) in [6, 6.07) is 18.2. The second-order valence-electron chi connectivity index (χ2n) is 7.61. The Labute approximate surface area is 201 Å².